The molecule has 2 aromatic heterocycles. The van der Waals surface area contributed by atoms with E-state index >= 15 is 0 Å². The normalized spacial score (nSPS) is 12.3. The predicted molar refractivity (Wildman–Crippen MR) is 90.9 cm³/mol. The average molecular weight is 362 g/mol. The number of hydrogen-bond acceptors (Lipinski definition) is 6. The number of nitro groups is 1. The second kappa shape index (κ2) is 6.68. The molecular formula is C17H16ClN3O4. The largest absolute Gasteiger partial charge is 0.361 e. The summed E-state index contributed by atoms with van der Waals surface area (Å²) in [5.74, 6) is 0.661. The van der Waals surface area contributed by atoms with Crippen molar-refractivity contribution in [1.29, 1.82) is 0 Å². The van der Waals surface area contributed by atoms with Gasteiger partial charge in [0.15, 0.2) is 5.69 Å². The Morgan fingerprint density at radius 2 is 1.76 bits per heavy atom. The van der Waals surface area contributed by atoms with Gasteiger partial charge in [0.25, 0.3) is 0 Å². The lowest BCUT2D eigenvalue weighted by Gasteiger charge is -2.16. The maximum Gasteiger partial charge on any atom is 0.334 e. The van der Waals surface area contributed by atoms with Crippen molar-refractivity contribution in [2.45, 2.75) is 33.1 Å². The molecule has 1 atom stereocenters. The highest BCUT2D eigenvalue weighted by atomic mass is 35.5. The molecule has 2 heterocycles. The van der Waals surface area contributed by atoms with Crippen molar-refractivity contribution >= 4 is 17.3 Å². The van der Waals surface area contributed by atoms with Gasteiger partial charge in [-0.15, -0.1) is 0 Å². The molecule has 8 heteroatoms. The molecule has 0 bridgehead atoms. The molecule has 25 heavy (non-hydrogen) atoms. The quantitative estimate of drug-likeness (QED) is 0.489. The Bertz CT molecular complexity index is 895. The number of aryl methyl sites for hydroxylation is 3. The fourth-order valence-electron chi connectivity index (χ4n) is 3.03. The Morgan fingerprint density at radius 1 is 1.12 bits per heavy atom. The van der Waals surface area contributed by atoms with Crippen LogP contribution in [0.25, 0.3) is 0 Å². The Hall–Kier alpha value is -2.67. The maximum atomic E-state index is 11.3. The molecule has 0 saturated heterocycles. The first-order valence-electron chi connectivity index (χ1n) is 7.66. The molecular weight excluding hydrogens is 346 g/mol. The molecule has 0 radical (unpaired) electrons. The molecule has 0 fully saturated rings. The third-order valence-electron chi connectivity index (χ3n) is 4.18. The molecule has 0 spiro atoms. The van der Waals surface area contributed by atoms with Gasteiger partial charge < -0.3 is 9.05 Å². The minimum absolute atomic E-state index is 0.0919. The standard InChI is InChI=1S/C17H16ClN3O4/c1-9-16(11(3)24-19-9)14(12-4-6-13(18)7-5-12)8-15-17(21(22)23)10(2)20-25-15/h4-7,14H,8H2,1-3H3. The van der Waals surface area contributed by atoms with E-state index in [1.165, 1.54) is 0 Å². The lowest BCUT2D eigenvalue weighted by molar-refractivity contribution is -0.386. The number of aromatic nitrogens is 2. The molecule has 0 amide bonds. The maximum absolute atomic E-state index is 11.3. The van der Waals surface area contributed by atoms with Crippen LogP contribution in [-0.2, 0) is 6.42 Å². The smallest absolute Gasteiger partial charge is 0.334 e. The van der Waals surface area contributed by atoms with Crippen LogP contribution < -0.4 is 0 Å². The third-order valence-corrected chi connectivity index (χ3v) is 4.43. The molecule has 1 aromatic carbocycles. The number of rotatable bonds is 5. The van der Waals surface area contributed by atoms with Gasteiger partial charge in [0.1, 0.15) is 5.76 Å². The Morgan fingerprint density at radius 3 is 2.32 bits per heavy atom. The van der Waals surface area contributed by atoms with Crippen LogP contribution in [0.15, 0.2) is 33.3 Å². The summed E-state index contributed by atoms with van der Waals surface area (Å²) in [5, 5.41) is 19.7. The fraction of sp³-hybridized carbons (Fsp3) is 0.294. The number of nitrogens with zero attached hydrogens (tertiary/aromatic N) is 3. The second-order valence-corrected chi connectivity index (χ2v) is 6.28. The Kier molecular flexibility index (Phi) is 4.59. The minimum atomic E-state index is -0.465. The topological polar surface area (TPSA) is 95.2 Å². The van der Waals surface area contributed by atoms with Crippen molar-refractivity contribution in [2.24, 2.45) is 0 Å². The van der Waals surface area contributed by atoms with E-state index in [1.54, 1.807) is 19.1 Å². The van der Waals surface area contributed by atoms with Gasteiger partial charge in [-0.3, -0.25) is 10.1 Å². The summed E-state index contributed by atoms with van der Waals surface area (Å²) >= 11 is 5.99. The van der Waals surface area contributed by atoms with Crippen LogP contribution in [0.2, 0.25) is 5.02 Å². The van der Waals surface area contributed by atoms with Gasteiger partial charge in [-0.25, -0.2) is 0 Å². The monoisotopic (exact) mass is 361 g/mol. The molecule has 0 N–H and O–H groups in total. The molecule has 3 rings (SSSR count). The van der Waals surface area contributed by atoms with Crippen LogP contribution in [0, 0.1) is 30.9 Å². The highest BCUT2D eigenvalue weighted by Gasteiger charge is 2.30. The number of hydrogen-bond donors (Lipinski definition) is 0. The van der Waals surface area contributed by atoms with Crippen LogP contribution in [0.5, 0.6) is 0 Å². The SMILES string of the molecule is Cc1noc(C)c1C(Cc1onc(C)c1[N+](=O)[O-])c1ccc(Cl)cc1. The summed E-state index contributed by atoms with van der Waals surface area (Å²) in [5.41, 5.74) is 2.71. The molecule has 7 nitrogen and oxygen atoms in total. The van der Waals surface area contributed by atoms with Gasteiger partial charge in [0.2, 0.25) is 5.76 Å². The van der Waals surface area contributed by atoms with Gasteiger partial charge in [-0.2, -0.15) is 0 Å². The molecule has 1 unspecified atom stereocenters. The molecule has 0 aliphatic rings. The van der Waals surface area contributed by atoms with Crippen LogP contribution in [-0.4, -0.2) is 15.2 Å². The van der Waals surface area contributed by atoms with E-state index in [9.17, 15) is 10.1 Å². The summed E-state index contributed by atoms with van der Waals surface area (Å²) in [4.78, 5) is 10.9. The molecule has 0 aliphatic carbocycles. The summed E-state index contributed by atoms with van der Waals surface area (Å²) in [6.45, 7) is 5.21. The minimum Gasteiger partial charge on any atom is -0.361 e. The van der Waals surface area contributed by atoms with Crippen LogP contribution in [0.4, 0.5) is 5.69 Å². The van der Waals surface area contributed by atoms with Crippen molar-refractivity contribution in [3.05, 3.63) is 73.4 Å². The van der Waals surface area contributed by atoms with E-state index < -0.39 is 4.92 Å². The first kappa shape index (κ1) is 17.2. The zero-order chi connectivity index (χ0) is 18.1. The highest BCUT2D eigenvalue weighted by molar-refractivity contribution is 6.30. The van der Waals surface area contributed by atoms with Gasteiger partial charge in [-0.05, 0) is 38.5 Å². The first-order chi connectivity index (χ1) is 11.9. The highest BCUT2D eigenvalue weighted by Crippen LogP contribution is 2.36. The Balaban J connectivity index is 2.09. The lowest BCUT2D eigenvalue weighted by Crippen LogP contribution is -2.08. The van der Waals surface area contributed by atoms with Crippen LogP contribution >= 0.6 is 11.6 Å². The average Bonchev–Trinajstić information content (AvgIpc) is 3.09. The summed E-state index contributed by atoms with van der Waals surface area (Å²) < 4.78 is 10.5. The van der Waals surface area contributed by atoms with E-state index in [1.807, 2.05) is 26.0 Å². The summed E-state index contributed by atoms with van der Waals surface area (Å²) in [6, 6.07) is 7.33. The summed E-state index contributed by atoms with van der Waals surface area (Å²) in [6.07, 6.45) is 0.266. The van der Waals surface area contributed by atoms with Crippen LogP contribution in [0.3, 0.4) is 0 Å². The van der Waals surface area contributed by atoms with Crippen molar-refractivity contribution in [3.63, 3.8) is 0 Å². The zero-order valence-electron chi connectivity index (χ0n) is 13.9. The number of halogens is 1. The van der Waals surface area contributed by atoms with Gasteiger partial charge in [0, 0.05) is 22.9 Å². The van der Waals surface area contributed by atoms with E-state index in [4.69, 9.17) is 20.6 Å². The molecule has 0 saturated carbocycles. The van der Waals surface area contributed by atoms with Crippen molar-refractivity contribution < 1.29 is 14.0 Å². The summed E-state index contributed by atoms with van der Waals surface area (Å²) in [7, 11) is 0. The fourth-order valence-corrected chi connectivity index (χ4v) is 3.16. The van der Waals surface area contributed by atoms with Gasteiger partial charge >= 0.3 is 5.69 Å². The molecule has 130 valence electrons. The lowest BCUT2D eigenvalue weighted by atomic mass is 9.86. The Labute approximate surface area is 148 Å². The first-order valence-corrected chi connectivity index (χ1v) is 8.04. The second-order valence-electron chi connectivity index (χ2n) is 5.84. The van der Waals surface area contributed by atoms with Crippen molar-refractivity contribution in [3.8, 4) is 0 Å². The van der Waals surface area contributed by atoms with Crippen molar-refractivity contribution in [1.82, 2.24) is 10.3 Å². The van der Waals surface area contributed by atoms with Gasteiger partial charge in [-0.1, -0.05) is 34.0 Å². The van der Waals surface area contributed by atoms with E-state index in [0.29, 0.717) is 10.8 Å². The number of benzene rings is 1. The predicted octanol–water partition coefficient (Wildman–Crippen LogP) is 4.52. The molecule has 0 aliphatic heterocycles. The van der Waals surface area contributed by atoms with E-state index in [2.05, 4.69) is 10.3 Å². The van der Waals surface area contributed by atoms with E-state index in [-0.39, 0.29) is 29.5 Å². The third kappa shape index (κ3) is 3.28. The van der Waals surface area contributed by atoms with Crippen LogP contribution in [0.1, 0.15) is 40.0 Å². The van der Waals surface area contributed by atoms with Crippen molar-refractivity contribution in [2.75, 3.05) is 0 Å². The van der Waals surface area contributed by atoms with E-state index in [0.717, 1.165) is 16.8 Å². The molecule has 3 aromatic rings. The zero-order valence-corrected chi connectivity index (χ0v) is 14.7. The van der Waals surface area contributed by atoms with Gasteiger partial charge in [0.05, 0.1) is 10.6 Å².